The molecule has 2 aromatic rings. The largest absolute Gasteiger partial charge is 0.473 e. The number of carbonyl (C=O) groups is 3. The van der Waals surface area contributed by atoms with Crippen molar-refractivity contribution in [3.8, 4) is 10.4 Å². The second kappa shape index (κ2) is 9.53. The van der Waals surface area contributed by atoms with E-state index in [1.54, 1.807) is 18.3 Å². The van der Waals surface area contributed by atoms with Crippen molar-refractivity contribution in [1.29, 1.82) is 0 Å². The lowest BCUT2D eigenvalue weighted by Gasteiger charge is -2.41. The molecule has 0 spiro atoms. The van der Waals surface area contributed by atoms with E-state index in [1.807, 2.05) is 6.07 Å². The van der Waals surface area contributed by atoms with Crippen LogP contribution in [0.25, 0.3) is 10.4 Å². The number of Topliss-reactive ketones (excluding diaryl/α,β-unsaturated/α-hetero) is 1. The van der Waals surface area contributed by atoms with Gasteiger partial charge in [-0.3, -0.25) is 4.79 Å². The van der Waals surface area contributed by atoms with Gasteiger partial charge in [-0.15, -0.1) is 11.3 Å². The van der Waals surface area contributed by atoms with Crippen molar-refractivity contribution in [2.75, 3.05) is 19.6 Å². The zero-order valence-corrected chi connectivity index (χ0v) is 17.9. The third-order valence-electron chi connectivity index (χ3n) is 6.00. The molecule has 4 rings (SSSR count). The fourth-order valence-electron chi connectivity index (χ4n) is 4.09. The number of likely N-dealkylation sites (tertiary alicyclic amines) is 1. The third kappa shape index (κ3) is 5.15. The Hall–Kier alpha value is -2.51. The van der Waals surface area contributed by atoms with Crippen molar-refractivity contribution in [1.82, 2.24) is 4.90 Å². The highest BCUT2D eigenvalue weighted by Gasteiger charge is 2.43. The molecule has 2 N–H and O–H groups in total. The van der Waals surface area contributed by atoms with E-state index < -0.39 is 11.9 Å². The van der Waals surface area contributed by atoms with Crippen LogP contribution in [-0.4, -0.2) is 52.5 Å². The first kappa shape index (κ1) is 22.2. The molecule has 1 aliphatic heterocycles. The minimum Gasteiger partial charge on any atom is -0.473 e. The van der Waals surface area contributed by atoms with E-state index in [0.29, 0.717) is 5.78 Å². The van der Waals surface area contributed by atoms with Gasteiger partial charge < -0.3 is 15.1 Å². The fraction of sp³-hybridized carbons (Fsp3) is 0.435. The highest BCUT2D eigenvalue weighted by molar-refractivity contribution is 7.13. The van der Waals surface area contributed by atoms with Crippen molar-refractivity contribution in [3.05, 3.63) is 47.3 Å². The molecule has 0 bridgehead atoms. The van der Waals surface area contributed by atoms with Crippen molar-refractivity contribution in [2.45, 2.75) is 38.0 Å². The number of benzene rings is 1. The molecule has 1 saturated carbocycles. The van der Waals surface area contributed by atoms with Crippen LogP contribution in [-0.2, 0) is 19.8 Å². The van der Waals surface area contributed by atoms with Crippen LogP contribution in [0.15, 0.2) is 41.8 Å². The Morgan fingerprint density at radius 3 is 2.13 bits per heavy atom. The summed E-state index contributed by atoms with van der Waals surface area (Å²) in [6.07, 6.45) is 4.73. The summed E-state index contributed by atoms with van der Waals surface area (Å²) in [5.41, 5.74) is 2.21. The number of hydrogen-bond donors (Lipinski definition) is 2. The average Bonchev–Trinajstić information content (AvgIpc) is 3.41. The van der Waals surface area contributed by atoms with Crippen LogP contribution < -0.4 is 0 Å². The van der Waals surface area contributed by atoms with Crippen molar-refractivity contribution < 1.29 is 24.6 Å². The van der Waals surface area contributed by atoms with Crippen molar-refractivity contribution in [3.63, 3.8) is 0 Å². The number of thiophene rings is 1. The number of ketones is 1. The number of carboxylic acid groups (broad SMARTS) is 2. The third-order valence-corrected chi connectivity index (χ3v) is 6.96. The molecule has 6 nitrogen and oxygen atoms in total. The Morgan fingerprint density at radius 2 is 1.63 bits per heavy atom. The quantitative estimate of drug-likeness (QED) is 0.700. The maximum absolute atomic E-state index is 12.7. The summed E-state index contributed by atoms with van der Waals surface area (Å²) in [5, 5.41) is 16.9. The predicted octanol–water partition coefficient (Wildman–Crippen LogP) is 3.90. The number of piperidine rings is 1. The topological polar surface area (TPSA) is 94.9 Å². The smallest absolute Gasteiger partial charge is 0.414 e. The molecule has 160 valence electrons. The Morgan fingerprint density at radius 1 is 1.03 bits per heavy atom. The van der Waals surface area contributed by atoms with Crippen LogP contribution in [0.2, 0.25) is 0 Å². The molecule has 2 heterocycles. The molecule has 0 unspecified atom stereocenters. The molecule has 0 amide bonds. The number of aliphatic carboxylic acids is 2. The van der Waals surface area contributed by atoms with Crippen molar-refractivity contribution in [2.24, 2.45) is 5.92 Å². The van der Waals surface area contributed by atoms with E-state index in [9.17, 15) is 4.79 Å². The first-order chi connectivity index (χ1) is 14.3. The lowest BCUT2D eigenvalue weighted by atomic mass is 9.69. The van der Waals surface area contributed by atoms with Gasteiger partial charge >= 0.3 is 11.9 Å². The summed E-state index contributed by atoms with van der Waals surface area (Å²) in [4.78, 5) is 34.8. The number of rotatable bonds is 5. The SMILES string of the molecule is CC(=O)C1(c2ccsc2-c2ccccc2)CCN(CC2CC2)CC1.O=C(O)C(=O)O. The predicted molar refractivity (Wildman–Crippen MR) is 116 cm³/mol. The van der Waals surface area contributed by atoms with E-state index in [0.717, 1.165) is 31.8 Å². The first-order valence-corrected chi connectivity index (χ1v) is 11.0. The summed E-state index contributed by atoms with van der Waals surface area (Å²) in [6.45, 7) is 5.15. The lowest BCUT2D eigenvalue weighted by Crippen LogP contribution is -2.47. The van der Waals surface area contributed by atoms with Gasteiger partial charge in [0.25, 0.3) is 0 Å². The average molecular weight is 430 g/mol. The molecule has 1 aromatic heterocycles. The van der Waals surface area contributed by atoms with Gasteiger partial charge in [0.15, 0.2) is 0 Å². The van der Waals surface area contributed by atoms with Crippen LogP contribution in [0.4, 0.5) is 0 Å². The number of hydrogen-bond acceptors (Lipinski definition) is 5. The van der Waals surface area contributed by atoms with Gasteiger partial charge in [-0.05, 0) is 74.2 Å². The zero-order valence-electron chi connectivity index (χ0n) is 17.0. The van der Waals surface area contributed by atoms with E-state index in [2.05, 4.69) is 40.6 Å². The first-order valence-electron chi connectivity index (χ1n) is 10.2. The standard InChI is InChI=1S/C21H25NOS.C2H2O4/c1-16(23)21(10-12-22(13-11-21)15-17-7-8-17)19-9-14-24-20(19)18-5-3-2-4-6-18;3-1(4)2(5)6/h2-6,9,14,17H,7-8,10-13,15H2,1H3;(H,3,4)(H,5,6). The van der Waals surface area contributed by atoms with Gasteiger partial charge in [0.1, 0.15) is 5.78 Å². The zero-order chi connectivity index (χ0) is 21.7. The number of nitrogens with zero attached hydrogens (tertiary/aromatic N) is 1. The molecule has 7 heteroatoms. The highest BCUT2D eigenvalue weighted by atomic mass is 32.1. The summed E-state index contributed by atoms with van der Waals surface area (Å²) < 4.78 is 0. The summed E-state index contributed by atoms with van der Waals surface area (Å²) in [6, 6.07) is 12.7. The van der Waals surface area contributed by atoms with Gasteiger partial charge in [0.05, 0.1) is 5.41 Å². The van der Waals surface area contributed by atoms with Crippen LogP contribution in [0.5, 0.6) is 0 Å². The van der Waals surface area contributed by atoms with Gasteiger partial charge in [-0.2, -0.15) is 0 Å². The van der Waals surface area contributed by atoms with Crippen LogP contribution in [0.3, 0.4) is 0 Å². The van der Waals surface area contributed by atoms with Crippen LogP contribution in [0, 0.1) is 5.92 Å². The molecule has 1 aromatic carbocycles. The Kier molecular flexibility index (Phi) is 7.05. The Labute approximate surface area is 180 Å². The second-order valence-corrected chi connectivity index (χ2v) is 8.94. The summed E-state index contributed by atoms with van der Waals surface area (Å²) in [7, 11) is 0. The number of carboxylic acids is 2. The second-order valence-electron chi connectivity index (χ2n) is 8.02. The molecule has 0 radical (unpaired) electrons. The Balaban J connectivity index is 0.000000377. The highest BCUT2D eigenvalue weighted by Crippen LogP contribution is 2.44. The maximum atomic E-state index is 12.7. The van der Waals surface area contributed by atoms with Gasteiger partial charge in [0.2, 0.25) is 0 Å². The molecule has 2 aliphatic rings. The molecule has 30 heavy (non-hydrogen) atoms. The van der Waals surface area contributed by atoms with Crippen LogP contribution in [0.1, 0.15) is 38.2 Å². The Bertz CT molecular complexity index is 883. The maximum Gasteiger partial charge on any atom is 0.414 e. The van der Waals surface area contributed by atoms with E-state index in [-0.39, 0.29) is 5.41 Å². The minimum absolute atomic E-state index is 0.286. The van der Waals surface area contributed by atoms with E-state index >= 15 is 0 Å². The van der Waals surface area contributed by atoms with E-state index in [4.69, 9.17) is 19.8 Å². The number of carbonyl (C=O) groups excluding carboxylic acids is 1. The van der Waals surface area contributed by atoms with Gasteiger partial charge in [-0.25, -0.2) is 9.59 Å². The molecule has 0 atom stereocenters. The molecule has 1 saturated heterocycles. The molecular formula is C23H27NO5S. The molecule has 2 fully saturated rings. The molecular weight excluding hydrogens is 402 g/mol. The van der Waals surface area contributed by atoms with Gasteiger partial charge in [-0.1, -0.05) is 30.3 Å². The summed E-state index contributed by atoms with van der Waals surface area (Å²) in [5.74, 6) is -2.38. The lowest BCUT2D eigenvalue weighted by molar-refractivity contribution is -0.159. The molecule has 1 aliphatic carbocycles. The fourth-order valence-corrected chi connectivity index (χ4v) is 5.10. The summed E-state index contributed by atoms with van der Waals surface area (Å²) >= 11 is 1.77. The monoisotopic (exact) mass is 429 g/mol. The van der Waals surface area contributed by atoms with E-state index in [1.165, 1.54) is 35.4 Å². The minimum atomic E-state index is -1.82. The van der Waals surface area contributed by atoms with Crippen LogP contribution >= 0.6 is 11.3 Å². The normalized spacial score (nSPS) is 18.2. The van der Waals surface area contributed by atoms with Gasteiger partial charge in [0, 0.05) is 11.4 Å². The van der Waals surface area contributed by atoms with Crippen molar-refractivity contribution >= 4 is 29.1 Å².